The molecule has 0 aromatic carbocycles. The number of nitrogens with one attached hydrogen (secondary N) is 1. The Kier molecular flexibility index (Phi) is 1.91. The van der Waals surface area contributed by atoms with Gasteiger partial charge in [-0.2, -0.15) is 5.10 Å². The fourth-order valence-corrected chi connectivity index (χ4v) is 1.65. The van der Waals surface area contributed by atoms with E-state index >= 15 is 0 Å². The molecular formula is C10H17N3. The Bertz CT molecular complexity index is 291. The summed E-state index contributed by atoms with van der Waals surface area (Å²) >= 11 is 0. The largest absolute Gasteiger partial charge is 0.312 e. The highest BCUT2D eigenvalue weighted by Gasteiger charge is 2.26. The zero-order chi connectivity index (χ0) is 9.47. The Morgan fingerprint density at radius 3 is 2.62 bits per heavy atom. The average molecular weight is 179 g/mol. The van der Waals surface area contributed by atoms with Gasteiger partial charge in [0.25, 0.3) is 0 Å². The number of hydrogen-bond acceptors (Lipinski definition) is 2. The van der Waals surface area contributed by atoms with Crippen LogP contribution in [-0.4, -0.2) is 22.9 Å². The first-order valence-electron chi connectivity index (χ1n) is 4.84. The summed E-state index contributed by atoms with van der Waals surface area (Å²) in [6.07, 6.45) is 1.90. The predicted molar refractivity (Wildman–Crippen MR) is 52.8 cm³/mol. The molecule has 2 rings (SSSR count). The van der Waals surface area contributed by atoms with Crippen LogP contribution in [0.5, 0.6) is 0 Å². The van der Waals surface area contributed by atoms with E-state index < -0.39 is 0 Å². The quantitative estimate of drug-likeness (QED) is 0.704. The number of hydrogen-bond donors (Lipinski definition) is 1. The molecule has 1 N–H and O–H groups in total. The molecule has 1 aliphatic rings. The van der Waals surface area contributed by atoms with E-state index in [0.29, 0.717) is 6.04 Å². The van der Waals surface area contributed by atoms with Crippen LogP contribution in [0, 0.1) is 0 Å². The SMILES string of the molecule is CC(C)(C)c1ccnn1C1CNC1. The first-order valence-corrected chi connectivity index (χ1v) is 4.84. The van der Waals surface area contributed by atoms with Gasteiger partial charge in [-0.1, -0.05) is 20.8 Å². The molecule has 0 bridgehead atoms. The van der Waals surface area contributed by atoms with Crippen LogP contribution in [0.2, 0.25) is 0 Å². The van der Waals surface area contributed by atoms with Gasteiger partial charge in [-0.05, 0) is 6.07 Å². The molecule has 0 unspecified atom stereocenters. The molecule has 1 aromatic rings. The smallest absolute Gasteiger partial charge is 0.0771 e. The monoisotopic (exact) mass is 179 g/mol. The molecule has 1 aromatic heterocycles. The first-order chi connectivity index (χ1) is 6.09. The fraction of sp³-hybridized carbons (Fsp3) is 0.700. The van der Waals surface area contributed by atoms with Crippen molar-refractivity contribution in [2.24, 2.45) is 0 Å². The van der Waals surface area contributed by atoms with E-state index in [2.05, 4.69) is 41.9 Å². The Morgan fingerprint density at radius 1 is 1.46 bits per heavy atom. The molecular weight excluding hydrogens is 162 g/mol. The first kappa shape index (κ1) is 8.75. The van der Waals surface area contributed by atoms with Crippen molar-refractivity contribution in [3.05, 3.63) is 18.0 Å². The van der Waals surface area contributed by atoms with Crippen molar-refractivity contribution in [1.82, 2.24) is 15.1 Å². The maximum Gasteiger partial charge on any atom is 0.0771 e. The van der Waals surface area contributed by atoms with Crippen LogP contribution in [0.15, 0.2) is 12.3 Å². The van der Waals surface area contributed by atoms with Gasteiger partial charge in [-0.15, -0.1) is 0 Å². The van der Waals surface area contributed by atoms with E-state index in [1.165, 1.54) is 5.69 Å². The molecule has 0 aliphatic carbocycles. The molecule has 13 heavy (non-hydrogen) atoms. The van der Waals surface area contributed by atoms with Crippen LogP contribution in [-0.2, 0) is 5.41 Å². The van der Waals surface area contributed by atoms with Gasteiger partial charge in [-0.3, -0.25) is 4.68 Å². The lowest BCUT2D eigenvalue weighted by molar-refractivity contribution is 0.298. The van der Waals surface area contributed by atoms with Gasteiger partial charge in [-0.25, -0.2) is 0 Å². The Hall–Kier alpha value is -0.830. The van der Waals surface area contributed by atoms with Crippen molar-refractivity contribution in [2.45, 2.75) is 32.2 Å². The van der Waals surface area contributed by atoms with E-state index in [-0.39, 0.29) is 5.41 Å². The normalized spacial score (nSPS) is 18.7. The minimum absolute atomic E-state index is 0.200. The third-order valence-corrected chi connectivity index (χ3v) is 2.54. The van der Waals surface area contributed by atoms with Crippen molar-refractivity contribution in [2.75, 3.05) is 13.1 Å². The van der Waals surface area contributed by atoms with E-state index in [1.54, 1.807) is 0 Å². The molecule has 0 saturated carbocycles. The lowest BCUT2D eigenvalue weighted by Crippen LogP contribution is -2.45. The average Bonchev–Trinajstić information content (AvgIpc) is 2.29. The van der Waals surface area contributed by atoms with Gasteiger partial charge < -0.3 is 5.32 Å². The third kappa shape index (κ3) is 1.48. The summed E-state index contributed by atoms with van der Waals surface area (Å²) in [7, 11) is 0. The summed E-state index contributed by atoms with van der Waals surface area (Å²) in [5.74, 6) is 0. The number of rotatable bonds is 1. The van der Waals surface area contributed by atoms with Crippen LogP contribution in [0.1, 0.15) is 32.5 Å². The van der Waals surface area contributed by atoms with Crippen LogP contribution >= 0.6 is 0 Å². The van der Waals surface area contributed by atoms with Crippen LogP contribution in [0.4, 0.5) is 0 Å². The van der Waals surface area contributed by atoms with Crippen molar-refractivity contribution < 1.29 is 0 Å². The highest BCUT2D eigenvalue weighted by molar-refractivity contribution is 5.13. The second-order valence-corrected chi connectivity index (χ2v) is 4.72. The molecule has 2 heterocycles. The number of nitrogens with zero attached hydrogens (tertiary/aromatic N) is 2. The maximum absolute atomic E-state index is 4.38. The van der Waals surface area contributed by atoms with Gasteiger partial charge in [0.1, 0.15) is 0 Å². The fourth-order valence-electron chi connectivity index (χ4n) is 1.65. The molecule has 3 heteroatoms. The summed E-state index contributed by atoms with van der Waals surface area (Å²) in [6, 6.07) is 2.70. The molecule has 0 spiro atoms. The minimum Gasteiger partial charge on any atom is -0.312 e. The summed E-state index contributed by atoms with van der Waals surface area (Å²) in [5.41, 5.74) is 1.53. The van der Waals surface area contributed by atoms with Crippen molar-refractivity contribution in [3.8, 4) is 0 Å². The standard InChI is InChI=1S/C10H17N3/c1-10(2,3)9-4-5-12-13(9)8-6-11-7-8/h4-5,8,11H,6-7H2,1-3H3. The lowest BCUT2D eigenvalue weighted by atomic mass is 9.91. The van der Waals surface area contributed by atoms with E-state index in [4.69, 9.17) is 0 Å². The van der Waals surface area contributed by atoms with Crippen LogP contribution < -0.4 is 5.32 Å². The maximum atomic E-state index is 4.38. The highest BCUT2D eigenvalue weighted by atomic mass is 15.3. The third-order valence-electron chi connectivity index (χ3n) is 2.54. The summed E-state index contributed by atoms with van der Waals surface area (Å²) in [4.78, 5) is 0. The van der Waals surface area contributed by atoms with Crippen molar-refractivity contribution in [1.29, 1.82) is 0 Å². The predicted octanol–water partition coefficient (Wildman–Crippen LogP) is 1.32. The zero-order valence-electron chi connectivity index (χ0n) is 8.54. The summed E-state index contributed by atoms with van der Waals surface area (Å²) in [5, 5.41) is 7.65. The highest BCUT2D eigenvalue weighted by Crippen LogP contribution is 2.25. The molecule has 1 fully saturated rings. The lowest BCUT2D eigenvalue weighted by Gasteiger charge is -2.32. The Morgan fingerprint density at radius 2 is 2.15 bits per heavy atom. The molecule has 72 valence electrons. The summed E-state index contributed by atoms with van der Waals surface area (Å²) < 4.78 is 2.16. The second-order valence-electron chi connectivity index (χ2n) is 4.72. The van der Waals surface area contributed by atoms with E-state index in [9.17, 15) is 0 Å². The van der Waals surface area contributed by atoms with E-state index in [0.717, 1.165) is 13.1 Å². The van der Waals surface area contributed by atoms with Crippen LogP contribution in [0.3, 0.4) is 0 Å². The Labute approximate surface area is 79.1 Å². The van der Waals surface area contributed by atoms with E-state index in [1.807, 2.05) is 6.20 Å². The molecule has 0 atom stereocenters. The molecule has 0 amide bonds. The van der Waals surface area contributed by atoms with Gasteiger partial charge in [0.15, 0.2) is 0 Å². The zero-order valence-corrected chi connectivity index (χ0v) is 8.54. The summed E-state index contributed by atoms with van der Waals surface area (Å²) in [6.45, 7) is 8.81. The molecule has 0 radical (unpaired) electrons. The second kappa shape index (κ2) is 2.84. The van der Waals surface area contributed by atoms with Crippen molar-refractivity contribution >= 4 is 0 Å². The van der Waals surface area contributed by atoms with Crippen molar-refractivity contribution in [3.63, 3.8) is 0 Å². The van der Waals surface area contributed by atoms with Gasteiger partial charge in [0, 0.05) is 30.4 Å². The van der Waals surface area contributed by atoms with Gasteiger partial charge in [0.2, 0.25) is 0 Å². The molecule has 3 nitrogen and oxygen atoms in total. The Balaban J connectivity index is 2.30. The molecule has 1 aliphatic heterocycles. The molecule has 1 saturated heterocycles. The van der Waals surface area contributed by atoms with Gasteiger partial charge >= 0.3 is 0 Å². The topological polar surface area (TPSA) is 29.9 Å². The minimum atomic E-state index is 0.200. The number of aromatic nitrogens is 2. The van der Waals surface area contributed by atoms with Crippen LogP contribution in [0.25, 0.3) is 0 Å². The van der Waals surface area contributed by atoms with Gasteiger partial charge in [0.05, 0.1) is 6.04 Å².